The summed E-state index contributed by atoms with van der Waals surface area (Å²) in [6, 6.07) is 13.7. The van der Waals surface area contributed by atoms with Crippen LogP contribution in [0.1, 0.15) is 22.7 Å². The molecule has 0 bridgehead atoms. The van der Waals surface area contributed by atoms with Crippen molar-refractivity contribution in [3.8, 4) is 17.2 Å². The second-order valence-electron chi connectivity index (χ2n) is 7.99. The van der Waals surface area contributed by atoms with E-state index in [0.717, 1.165) is 17.0 Å². The van der Waals surface area contributed by atoms with Gasteiger partial charge in [-0.3, -0.25) is 14.5 Å². The number of ketones is 1. The lowest BCUT2D eigenvalue weighted by atomic mass is 9.93. The van der Waals surface area contributed by atoms with Crippen LogP contribution in [0.15, 0.2) is 72.3 Å². The summed E-state index contributed by atoms with van der Waals surface area (Å²) in [6.45, 7) is 1.68. The summed E-state index contributed by atoms with van der Waals surface area (Å²) >= 11 is 0. The topological polar surface area (TPSA) is 96.3 Å². The van der Waals surface area contributed by atoms with Gasteiger partial charge in [0.2, 0.25) is 0 Å². The molecule has 0 saturated carbocycles. The van der Waals surface area contributed by atoms with Crippen LogP contribution in [0.25, 0.3) is 5.76 Å². The van der Waals surface area contributed by atoms with Crippen molar-refractivity contribution in [1.29, 1.82) is 0 Å². The van der Waals surface area contributed by atoms with Gasteiger partial charge in [0.15, 0.2) is 0 Å². The molecular weight excluding hydrogens is 479 g/mol. The van der Waals surface area contributed by atoms with E-state index in [9.17, 15) is 33.0 Å². The standard InChI is InChI=1S/C26H20F3NO6/c1-14-12-18(35-2)10-11-20(14)23(32)21-22(15-6-8-17(31)9-7-15)30(25(34)24(21)33)16-4-3-5-19(13-16)36-26(27,28)29/h3-13,22,31-32H,1-2H3/b23-21-. The van der Waals surface area contributed by atoms with Gasteiger partial charge < -0.3 is 19.7 Å². The third-order valence-electron chi connectivity index (χ3n) is 5.67. The molecule has 4 rings (SSSR count). The third kappa shape index (κ3) is 4.70. The third-order valence-corrected chi connectivity index (χ3v) is 5.67. The number of halogens is 3. The first kappa shape index (κ1) is 24.6. The molecule has 1 amide bonds. The highest BCUT2D eigenvalue weighted by molar-refractivity contribution is 6.51. The first-order valence-corrected chi connectivity index (χ1v) is 10.6. The summed E-state index contributed by atoms with van der Waals surface area (Å²) in [7, 11) is 1.47. The Bertz CT molecular complexity index is 1360. The first-order chi connectivity index (χ1) is 17.0. The molecular formula is C26H20F3NO6. The van der Waals surface area contributed by atoms with Gasteiger partial charge in [0.25, 0.3) is 11.7 Å². The van der Waals surface area contributed by atoms with E-state index in [1.54, 1.807) is 19.1 Å². The molecule has 1 fully saturated rings. The number of ether oxygens (including phenoxy) is 2. The Morgan fingerprint density at radius 1 is 0.972 bits per heavy atom. The fourth-order valence-corrected chi connectivity index (χ4v) is 4.08. The van der Waals surface area contributed by atoms with Crippen molar-refractivity contribution in [3.63, 3.8) is 0 Å². The Balaban J connectivity index is 1.91. The monoisotopic (exact) mass is 499 g/mol. The first-order valence-electron chi connectivity index (χ1n) is 10.6. The molecule has 186 valence electrons. The van der Waals surface area contributed by atoms with Crippen LogP contribution < -0.4 is 14.4 Å². The molecule has 0 spiro atoms. The lowest BCUT2D eigenvalue weighted by Crippen LogP contribution is -2.29. The Morgan fingerprint density at radius 2 is 1.67 bits per heavy atom. The molecule has 1 atom stereocenters. The fraction of sp³-hybridized carbons (Fsp3) is 0.154. The van der Waals surface area contributed by atoms with Crippen LogP contribution in [0.5, 0.6) is 17.2 Å². The predicted octanol–water partition coefficient (Wildman–Crippen LogP) is 5.23. The fourth-order valence-electron chi connectivity index (χ4n) is 4.08. The second kappa shape index (κ2) is 9.29. The van der Waals surface area contributed by atoms with Gasteiger partial charge in [0, 0.05) is 17.3 Å². The van der Waals surface area contributed by atoms with Crippen molar-refractivity contribution < 1.29 is 42.4 Å². The maximum absolute atomic E-state index is 13.2. The number of amides is 1. The van der Waals surface area contributed by atoms with Crippen molar-refractivity contribution in [3.05, 3.63) is 89.0 Å². The van der Waals surface area contributed by atoms with E-state index in [1.807, 2.05) is 0 Å². The van der Waals surface area contributed by atoms with Gasteiger partial charge in [-0.15, -0.1) is 13.2 Å². The predicted molar refractivity (Wildman–Crippen MR) is 124 cm³/mol. The zero-order valence-electron chi connectivity index (χ0n) is 19.0. The van der Waals surface area contributed by atoms with E-state index in [2.05, 4.69) is 4.74 Å². The second-order valence-corrected chi connectivity index (χ2v) is 7.99. The number of phenolic OH excluding ortho intramolecular Hbond substituents is 1. The number of carbonyl (C=O) groups is 2. The molecule has 0 radical (unpaired) electrons. The van der Waals surface area contributed by atoms with Crippen LogP contribution in [-0.2, 0) is 9.59 Å². The number of rotatable bonds is 5. The SMILES string of the molecule is COc1ccc(/C(O)=C2/C(=O)C(=O)N(c3cccc(OC(F)(F)F)c3)C2c2ccc(O)cc2)c(C)c1. The Labute approximate surface area is 203 Å². The average Bonchev–Trinajstić information content (AvgIpc) is 3.08. The molecule has 0 aliphatic carbocycles. The summed E-state index contributed by atoms with van der Waals surface area (Å²) in [5.74, 6) is -2.69. The van der Waals surface area contributed by atoms with Crippen molar-refractivity contribution in [2.75, 3.05) is 12.0 Å². The minimum atomic E-state index is -4.96. The van der Waals surface area contributed by atoms with Gasteiger partial charge in [0.1, 0.15) is 23.0 Å². The summed E-state index contributed by atoms with van der Waals surface area (Å²) < 4.78 is 47.5. The highest BCUT2D eigenvalue weighted by Crippen LogP contribution is 2.43. The molecule has 0 aromatic heterocycles. The number of phenols is 1. The molecule has 1 unspecified atom stereocenters. The number of nitrogens with zero attached hydrogens (tertiary/aromatic N) is 1. The molecule has 1 saturated heterocycles. The summed E-state index contributed by atoms with van der Waals surface area (Å²) in [5, 5.41) is 21.0. The number of carbonyl (C=O) groups excluding carboxylic acids is 2. The lowest BCUT2D eigenvalue weighted by molar-refractivity contribution is -0.274. The number of aryl methyl sites for hydroxylation is 1. The highest BCUT2D eigenvalue weighted by Gasteiger charge is 2.47. The van der Waals surface area contributed by atoms with E-state index in [-0.39, 0.29) is 22.6 Å². The number of Topliss-reactive ketones (excluding diaryl/α,β-unsaturated/α-hetero) is 1. The van der Waals surface area contributed by atoms with Crippen LogP contribution in [0.3, 0.4) is 0 Å². The van der Waals surface area contributed by atoms with Crippen LogP contribution >= 0.6 is 0 Å². The molecule has 1 aliphatic heterocycles. The quantitative estimate of drug-likeness (QED) is 0.283. The summed E-state index contributed by atoms with van der Waals surface area (Å²) in [4.78, 5) is 27.4. The zero-order valence-corrected chi connectivity index (χ0v) is 19.0. The van der Waals surface area contributed by atoms with E-state index < -0.39 is 35.6 Å². The number of hydrogen-bond donors (Lipinski definition) is 2. The lowest BCUT2D eigenvalue weighted by Gasteiger charge is -2.26. The van der Waals surface area contributed by atoms with Gasteiger partial charge >= 0.3 is 6.36 Å². The minimum Gasteiger partial charge on any atom is -0.508 e. The maximum Gasteiger partial charge on any atom is 0.573 e. The van der Waals surface area contributed by atoms with Crippen molar-refractivity contribution >= 4 is 23.1 Å². The van der Waals surface area contributed by atoms with E-state index in [4.69, 9.17) is 4.74 Å². The largest absolute Gasteiger partial charge is 0.573 e. The molecule has 2 N–H and O–H groups in total. The van der Waals surface area contributed by atoms with Crippen molar-refractivity contribution in [2.45, 2.75) is 19.3 Å². The van der Waals surface area contributed by atoms with Crippen molar-refractivity contribution in [1.82, 2.24) is 0 Å². The molecule has 36 heavy (non-hydrogen) atoms. The van der Waals surface area contributed by atoms with Gasteiger partial charge in [-0.1, -0.05) is 18.2 Å². The minimum absolute atomic E-state index is 0.0533. The number of methoxy groups -OCH3 is 1. The Kier molecular flexibility index (Phi) is 6.36. The van der Waals surface area contributed by atoms with E-state index in [0.29, 0.717) is 16.9 Å². The number of aromatic hydroxyl groups is 1. The number of hydrogen-bond acceptors (Lipinski definition) is 6. The van der Waals surface area contributed by atoms with Gasteiger partial charge in [-0.2, -0.15) is 0 Å². The number of alkyl halides is 3. The zero-order chi connectivity index (χ0) is 26.2. The van der Waals surface area contributed by atoms with Crippen LogP contribution in [0.4, 0.5) is 18.9 Å². The number of anilines is 1. The van der Waals surface area contributed by atoms with E-state index >= 15 is 0 Å². The molecule has 7 nitrogen and oxygen atoms in total. The normalized spacial score (nSPS) is 17.4. The molecule has 1 heterocycles. The number of benzene rings is 3. The maximum atomic E-state index is 13.2. The Morgan fingerprint density at radius 3 is 2.28 bits per heavy atom. The van der Waals surface area contributed by atoms with E-state index in [1.165, 1.54) is 49.6 Å². The van der Waals surface area contributed by atoms with Gasteiger partial charge in [-0.05, 0) is 60.5 Å². The number of aliphatic hydroxyl groups is 1. The van der Waals surface area contributed by atoms with Crippen molar-refractivity contribution in [2.24, 2.45) is 0 Å². The summed E-state index contributed by atoms with van der Waals surface area (Å²) in [6.07, 6.45) is -4.96. The molecule has 3 aromatic carbocycles. The van der Waals surface area contributed by atoms with Crippen LogP contribution in [0, 0.1) is 6.92 Å². The Hall–Kier alpha value is -4.47. The van der Waals surface area contributed by atoms with Gasteiger partial charge in [0.05, 0.1) is 18.7 Å². The number of aliphatic hydroxyl groups excluding tert-OH is 1. The summed E-state index contributed by atoms with van der Waals surface area (Å²) in [5.41, 5.74) is 0.847. The molecule has 3 aromatic rings. The smallest absolute Gasteiger partial charge is 0.508 e. The van der Waals surface area contributed by atoms with Gasteiger partial charge in [-0.25, -0.2) is 0 Å². The van der Waals surface area contributed by atoms with Crippen LogP contribution in [-0.4, -0.2) is 35.4 Å². The molecule has 1 aliphatic rings. The highest BCUT2D eigenvalue weighted by atomic mass is 19.4. The van der Waals surface area contributed by atoms with Crippen LogP contribution in [0.2, 0.25) is 0 Å². The average molecular weight is 499 g/mol. The molecule has 10 heteroatoms.